The average Bonchev–Trinajstić information content (AvgIpc) is 2.48. The minimum Gasteiger partial charge on any atom is -0.282 e. The molecule has 1 aromatic heterocycles. The summed E-state index contributed by atoms with van der Waals surface area (Å²) >= 11 is 1.17. The van der Waals surface area contributed by atoms with E-state index in [0.29, 0.717) is 16.3 Å². The van der Waals surface area contributed by atoms with Crippen molar-refractivity contribution in [3.63, 3.8) is 0 Å². The quantitative estimate of drug-likeness (QED) is 0.757. The maximum absolute atomic E-state index is 11.1. The van der Waals surface area contributed by atoms with Gasteiger partial charge in [-0.1, -0.05) is 12.1 Å². The molecule has 5 heteroatoms. The first kappa shape index (κ1) is 9.64. The van der Waals surface area contributed by atoms with Crippen molar-refractivity contribution in [2.45, 2.75) is 11.8 Å². The van der Waals surface area contributed by atoms with Crippen LogP contribution in [0.15, 0.2) is 17.0 Å². The Morgan fingerprint density at radius 3 is 2.71 bits per heavy atom. The largest absolute Gasteiger partial charge is 0.295 e. The molecule has 0 fully saturated rings. The summed E-state index contributed by atoms with van der Waals surface area (Å²) in [6, 6.07) is 3.40. The van der Waals surface area contributed by atoms with Crippen LogP contribution in [0.3, 0.4) is 0 Å². The van der Waals surface area contributed by atoms with E-state index in [-0.39, 0.29) is 4.90 Å². The van der Waals surface area contributed by atoms with Gasteiger partial charge in [0.1, 0.15) is 4.90 Å². The molecule has 2 rings (SSSR count). The maximum atomic E-state index is 11.1. The highest BCUT2D eigenvalue weighted by molar-refractivity contribution is 7.86. The highest BCUT2D eigenvalue weighted by Crippen LogP contribution is 2.27. The van der Waals surface area contributed by atoms with Crippen LogP contribution >= 0.6 is 11.3 Å². The van der Waals surface area contributed by atoms with Crippen molar-refractivity contribution >= 4 is 32.2 Å². The van der Waals surface area contributed by atoms with Crippen LogP contribution < -0.4 is 0 Å². The van der Waals surface area contributed by atoms with Crippen LogP contribution in [0, 0.1) is 17.7 Å². The summed E-state index contributed by atoms with van der Waals surface area (Å²) in [4.78, 5) is -0.0625. The lowest BCUT2D eigenvalue weighted by atomic mass is 10.1. The van der Waals surface area contributed by atoms with Crippen LogP contribution in [0.5, 0.6) is 0 Å². The maximum Gasteiger partial charge on any atom is 0.295 e. The number of benzene rings is 1. The first-order chi connectivity index (χ1) is 6.50. The summed E-state index contributed by atoms with van der Waals surface area (Å²) < 4.78 is 31.2. The molecule has 0 aliphatic carbocycles. The third-order valence-corrected chi connectivity index (χ3v) is 3.60. The first-order valence-electron chi connectivity index (χ1n) is 3.79. The molecule has 1 N–H and O–H groups in total. The lowest BCUT2D eigenvalue weighted by molar-refractivity contribution is 0.483. The monoisotopic (exact) mass is 226 g/mol. The van der Waals surface area contributed by atoms with Gasteiger partial charge >= 0.3 is 0 Å². The predicted octanol–water partition coefficient (Wildman–Crippen LogP) is 2.06. The summed E-state index contributed by atoms with van der Waals surface area (Å²) in [7, 11) is -4.17. The third kappa shape index (κ3) is 1.43. The predicted molar refractivity (Wildman–Crippen MR) is 54.0 cm³/mol. The summed E-state index contributed by atoms with van der Waals surface area (Å²) in [6.45, 7) is 1.63. The number of thiophene rings is 1. The normalized spacial score (nSPS) is 12.1. The van der Waals surface area contributed by atoms with Gasteiger partial charge in [-0.3, -0.25) is 4.55 Å². The van der Waals surface area contributed by atoms with Gasteiger partial charge in [0, 0.05) is 10.8 Å². The van der Waals surface area contributed by atoms with Crippen LogP contribution in [0.1, 0.15) is 5.56 Å². The number of rotatable bonds is 1. The first-order valence-corrected chi connectivity index (χ1v) is 6.05. The smallest absolute Gasteiger partial charge is 0.282 e. The minimum atomic E-state index is -4.17. The van der Waals surface area contributed by atoms with Crippen molar-refractivity contribution in [2.24, 2.45) is 0 Å². The summed E-state index contributed by atoms with van der Waals surface area (Å²) in [6.07, 6.45) is 0. The van der Waals surface area contributed by atoms with Crippen molar-refractivity contribution in [2.75, 3.05) is 0 Å². The van der Waals surface area contributed by atoms with Gasteiger partial charge in [0.2, 0.25) is 0 Å². The Kier molecular flexibility index (Phi) is 2.10. The molecule has 0 amide bonds. The molecule has 0 atom stereocenters. The molecule has 0 bridgehead atoms. The van der Waals surface area contributed by atoms with Gasteiger partial charge in [0.15, 0.2) is 0 Å². The summed E-state index contributed by atoms with van der Waals surface area (Å²) in [5, 5.41) is 6.73. The van der Waals surface area contributed by atoms with E-state index < -0.39 is 10.1 Å². The Labute approximate surface area is 85.7 Å². The van der Waals surface area contributed by atoms with E-state index in [1.807, 2.05) is 0 Å². The molecule has 0 saturated carbocycles. The average molecular weight is 226 g/mol. The molecular formula is C9H6O3S2. The van der Waals surface area contributed by atoms with Crippen LogP contribution in [-0.2, 0) is 10.1 Å². The van der Waals surface area contributed by atoms with Crippen molar-refractivity contribution in [3.8, 4) is 0 Å². The second-order valence-corrected chi connectivity index (χ2v) is 4.89. The van der Waals surface area contributed by atoms with E-state index in [1.54, 1.807) is 19.1 Å². The number of fused-ring (bicyclic) bond motifs is 1. The summed E-state index contributed by atoms with van der Waals surface area (Å²) in [5.41, 5.74) is 0.517. The van der Waals surface area contributed by atoms with Crippen molar-refractivity contribution in [1.29, 1.82) is 0 Å². The molecule has 2 radical (unpaired) electrons. The Balaban J connectivity index is 2.98. The Hall–Kier alpha value is -0.910. The van der Waals surface area contributed by atoms with Gasteiger partial charge < -0.3 is 0 Å². The molecule has 72 valence electrons. The van der Waals surface area contributed by atoms with Crippen LogP contribution in [0.2, 0.25) is 0 Å². The lowest BCUT2D eigenvalue weighted by Crippen LogP contribution is -2.01. The highest BCUT2D eigenvalue weighted by atomic mass is 32.2. The van der Waals surface area contributed by atoms with Gasteiger partial charge in [-0.25, -0.2) is 0 Å². The SMILES string of the molecule is Cc1ccc2[c]s[c]c2c1S(=O)(=O)O. The van der Waals surface area contributed by atoms with Gasteiger partial charge in [0.05, 0.1) is 10.8 Å². The van der Waals surface area contributed by atoms with E-state index in [2.05, 4.69) is 10.8 Å². The zero-order valence-corrected chi connectivity index (χ0v) is 8.87. The summed E-state index contributed by atoms with van der Waals surface area (Å²) in [5.74, 6) is 0. The van der Waals surface area contributed by atoms with Gasteiger partial charge in [0.25, 0.3) is 10.1 Å². The van der Waals surface area contributed by atoms with E-state index in [4.69, 9.17) is 4.55 Å². The third-order valence-electron chi connectivity index (χ3n) is 1.93. The molecular weight excluding hydrogens is 220 g/mol. The zero-order chi connectivity index (χ0) is 10.3. The van der Waals surface area contributed by atoms with Crippen LogP contribution in [0.4, 0.5) is 0 Å². The van der Waals surface area contributed by atoms with E-state index >= 15 is 0 Å². The number of hydrogen-bond donors (Lipinski definition) is 1. The van der Waals surface area contributed by atoms with Crippen LogP contribution in [0.25, 0.3) is 10.8 Å². The van der Waals surface area contributed by atoms with Crippen molar-refractivity contribution < 1.29 is 13.0 Å². The molecule has 14 heavy (non-hydrogen) atoms. The highest BCUT2D eigenvalue weighted by Gasteiger charge is 2.17. The second kappa shape index (κ2) is 3.05. The fourth-order valence-corrected chi connectivity index (χ4v) is 2.94. The molecule has 0 aliphatic heterocycles. The Morgan fingerprint density at radius 1 is 1.36 bits per heavy atom. The fourth-order valence-electron chi connectivity index (χ4n) is 1.34. The van der Waals surface area contributed by atoms with E-state index in [0.717, 1.165) is 0 Å². The van der Waals surface area contributed by atoms with Gasteiger partial charge in [-0.05, 0) is 12.5 Å². The molecule has 0 saturated heterocycles. The fraction of sp³-hybridized carbons (Fsp3) is 0.111. The van der Waals surface area contributed by atoms with Crippen molar-refractivity contribution in [1.82, 2.24) is 0 Å². The van der Waals surface area contributed by atoms with Gasteiger partial charge in [-0.2, -0.15) is 8.42 Å². The van der Waals surface area contributed by atoms with E-state index in [9.17, 15) is 8.42 Å². The standard InChI is InChI=1S/C9H6O3S2/c1-6-2-3-7-4-13-5-8(7)9(6)14(10,11)12/h2-3H,1H3,(H,10,11,12). The molecule has 2 aromatic rings. The molecule has 0 aliphatic rings. The Bertz CT molecular complexity index is 581. The lowest BCUT2D eigenvalue weighted by Gasteiger charge is -2.02. The Morgan fingerprint density at radius 2 is 2.07 bits per heavy atom. The molecule has 0 unspecified atom stereocenters. The second-order valence-electron chi connectivity index (χ2n) is 2.92. The topological polar surface area (TPSA) is 54.4 Å². The van der Waals surface area contributed by atoms with Crippen molar-refractivity contribution in [3.05, 3.63) is 28.5 Å². The van der Waals surface area contributed by atoms with Gasteiger partial charge in [-0.15, -0.1) is 11.3 Å². The van der Waals surface area contributed by atoms with E-state index in [1.165, 1.54) is 11.3 Å². The molecule has 1 heterocycles. The number of hydrogen-bond acceptors (Lipinski definition) is 3. The zero-order valence-electron chi connectivity index (χ0n) is 7.23. The molecule has 0 spiro atoms. The van der Waals surface area contributed by atoms with Crippen LogP contribution in [-0.4, -0.2) is 13.0 Å². The minimum absolute atomic E-state index is 0.0625. The molecule has 1 aromatic carbocycles. The molecule has 3 nitrogen and oxygen atoms in total. The number of aryl methyl sites for hydroxylation is 1.